The van der Waals surface area contributed by atoms with Crippen LogP contribution in [0.5, 0.6) is 0 Å². The molecule has 5 rings (SSSR count). The molecule has 4 aromatic rings. The first-order valence-electron chi connectivity index (χ1n) is 9.74. The van der Waals surface area contributed by atoms with Crippen molar-refractivity contribution in [3.05, 3.63) is 59.9 Å². The minimum Gasteiger partial charge on any atom is -0.274 e. The zero-order chi connectivity index (χ0) is 20.2. The summed E-state index contributed by atoms with van der Waals surface area (Å²) in [6.45, 7) is 3.97. The summed E-state index contributed by atoms with van der Waals surface area (Å²) in [5, 5.41) is 8.77. The molecule has 1 fully saturated rings. The molecule has 0 radical (unpaired) electrons. The lowest BCUT2D eigenvalue weighted by Gasteiger charge is -2.22. The second kappa shape index (κ2) is 6.52. The number of rotatable bonds is 5. The van der Waals surface area contributed by atoms with E-state index in [9.17, 15) is 8.42 Å². The molecule has 2 heterocycles. The molecule has 0 N–H and O–H groups in total. The van der Waals surface area contributed by atoms with Gasteiger partial charge >= 0.3 is 0 Å². The quantitative estimate of drug-likeness (QED) is 0.504. The number of nitrogens with zero attached hydrogens (tertiary/aromatic N) is 5. The van der Waals surface area contributed by atoms with E-state index in [0.29, 0.717) is 22.9 Å². The summed E-state index contributed by atoms with van der Waals surface area (Å²) < 4.78 is 30.2. The van der Waals surface area contributed by atoms with Gasteiger partial charge in [-0.2, -0.15) is 0 Å². The molecule has 0 amide bonds. The topological polar surface area (TPSA) is 80.5 Å². The Balaban J connectivity index is 1.77. The molecule has 8 heteroatoms. The van der Waals surface area contributed by atoms with Crippen LogP contribution in [-0.2, 0) is 10.0 Å². The fourth-order valence-corrected chi connectivity index (χ4v) is 5.06. The van der Waals surface area contributed by atoms with Crippen LogP contribution < -0.4 is 4.31 Å². The van der Waals surface area contributed by atoms with Crippen molar-refractivity contribution in [2.24, 2.45) is 0 Å². The van der Waals surface area contributed by atoms with Gasteiger partial charge in [0.25, 0.3) is 10.0 Å². The molecule has 29 heavy (non-hydrogen) atoms. The number of benzene rings is 2. The van der Waals surface area contributed by atoms with Crippen molar-refractivity contribution in [3.63, 3.8) is 0 Å². The van der Waals surface area contributed by atoms with Crippen molar-refractivity contribution in [1.82, 2.24) is 19.6 Å². The minimum atomic E-state index is -3.79. The first kappa shape index (κ1) is 18.1. The minimum absolute atomic E-state index is 0.236. The Morgan fingerprint density at radius 1 is 1.07 bits per heavy atom. The number of fused-ring (bicyclic) bond motifs is 3. The third-order valence-corrected chi connectivity index (χ3v) is 7.19. The molecule has 1 aliphatic rings. The summed E-state index contributed by atoms with van der Waals surface area (Å²) in [6, 6.07) is 14.6. The highest BCUT2D eigenvalue weighted by Crippen LogP contribution is 2.40. The van der Waals surface area contributed by atoms with Gasteiger partial charge in [-0.1, -0.05) is 29.8 Å². The van der Waals surface area contributed by atoms with Crippen LogP contribution >= 0.6 is 0 Å². The van der Waals surface area contributed by atoms with E-state index in [1.165, 1.54) is 4.31 Å². The van der Waals surface area contributed by atoms with Crippen molar-refractivity contribution in [2.75, 3.05) is 10.8 Å². The highest BCUT2D eigenvalue weighted by Gasteiger charge is 2.33. The Labute approximate surface area is 169 Å². The van der Waals surface area contributed by atoms with Gasteiger partial charge in [-0.15, -0.1) is 10.2 Å². The molecule has 0 bridgehead atoms. The summed E-state index contributed by atoms with van der Waals surface area (Å²) in [6.07, 6.45) is 2.15. The summed E-state index contributed by atoms with van der Waals surface area (Å²) in [7, 11) is -3.79. The number of hydrogen-bond donors (Lipinski definition) is 0. The second-order valence-corrected chi connectivity index (χ2v) is 9.26. The van der Waals surface area contributed by atoms with Crippen LogP contribution in [0.2, 0.25) is 0 Å². The number of aromatic nitrogens is 4. The fourth-order valence-electron chi connectivity index (χ4n) is 3.63. The number of aryl methyl sites for hydroxylation is 1. The monoisotopic (exact) mass is 407 g/mol. The number of anilines is 1. The molecule has 0 unspecified atom stereocenters. The summed E-state index contributed by atoms with van der Waals surface area (Å²) in [5.74, 6) is 1.56. The third kappa shape index (κ3) is 2.86. The molecule has 0 saturated heterocycles. The van der Waals surface area contributed by atoms with E-state index in [-0.39, 0.29) is 11.4 Å². The van der Waals surface area contributed by atoms with Gasteiger partial charge in [-0.25, -0.2) is 17.7 Å². The molecule has 2 aromatic heterocycles. The summed E-state index contributed by atoms with van der Waals surface area (Å²) in [4.78, 5) is 4.94. The van der Waals surface area contributed by atoms with Gasteiger partial charge in [-0.3, -0.25) is 4.40 Å². The average Bonchev–Trinajstić information content (AvgIpc) is 3.46. The van der Waals surface area contributed by atoms with Crippen LogP contribution in [0.15, 0.2) is 53.4 Å². The molecule has 1 saturated carbocycles. The molecule has 0 atom stereocenters. The predicted molar refractivity (Wildman–Crippen MR) is 112 cm³/mol. The summed E-state index contributed by atoms with van der Waals surface area (Å²) >= 11 is 0. The number of hydrogen-bond acceptors (Lipinski definition) is 5. The van der Waals surface area contributed by atoms with Gasteiger partial charge in [0.15, 0.2) is 5.82 Å². The standard InChI is InChI=1S/C21H21N5O2S/c1-3-25(29(27,28)16-12-8-14(2)9-13-16)20-21-24-23-19(15-10-11-15)26(21)18-7-5-4-6-17(18)22-20/h4-9,12-13,15H,3,10-11H2,1-2H3. The Morgan fingerprint density at radius 2 is 1.79 bits per heavy atom. The SMILES string of the molecule is CCN(c1nc2ccccc2n2c(C3CC3)nnc12)S(=O)(=O)c1ccc(C)cc1. The van der Waals surface area contributed by atoms with Gasteiger partial charge < -0.3 is 0 Å². The highest BCUT2D eigenvalue weighted by molar-refractivity contribution is 7.92. The maximum absolute atomic E-state index is 13.4. The van der Waals surface area contributed by atoms with Gasteiger partial charge in [-0.05, 0) is 51.0 Å². The van der Waals surface area contributed by atoms with E-state index in [0.717, 1.165) is 29.7 Å². The van der Waals surface area contributed by atoms with Gasteiger partial charge in [0.2, 0.25) is 5.65 Å². The van der Waals surface area contributed by atoms with Crippen molar-refractivity contribution in [2.45, 2.75) is 37.5 Å². The van der Waals surface area contributed by atoms with Crippen LogP contribution in [0.25, 0.3) is 16.7 Å². The van der Waals surface area contributed by atoms with Crippen molar-refractivity contribution >= 4 is 32.5 Å². The summed E-state index contributed by atoms with van der Waals surface area (Å²) in [5.41, 5.74) is 3.09. The maximum Gasteiger partial charge on any atom is 0.265 e. The first-order chi connectivity index (χ1) is 14.0. The highest BCUT2D eigenvalue weighted by atomic mass is 32.2. The van der Waals surface area contributed by atoms with Gasteiger partial charge in [0, 0.05) is 12.5 Å². The number of sulfonamides is 1. The maximum atomic E-state index is 13.4. The Bertz CT molecular complexity index is 1320. The Hall–Kier alpha value is -3.00. The van der Waals surface area contributed by atoms with Crippen LogP contribution in [0, 0.1) is 6.92 Å². The van der Waals surface area contributed by atoms with Crippen LogP contribution in [0.4, 0.5) is 5.82 Å². The van der Waals surface area contributed by atoms with Crippen LogP contribution in [0.1, 0.15) is 37.1 Å². The van der Waals surface area contributed by atoms with E-state index in [2.05, 4.69) is 10.2 Å². The van der Waals surface area contributed by atoms with Crippen LogP contribution in [0.3, 0.4) is 0 Å². The number of para-hydroxylation sites is 2. The largest absolute Gasteiger partial charge is 0.274 e. The Morgan fingerprint density at radius 3 is 2.48 bits per heavy atom. The predicted octanol–water partition coefficient (Wildman–Crippen LogP) is 3.68. The first-order valence-corrected chi connectivity index (χ1v) is 11.2. The van der Waals surface area contributed by atoms with E-state index in [4.69, 9.17) is 4.98 Å². The van der Waals surface area contributed by atoms with Crippen LogP contribution in [-0.4, -0.2) is 34.5 Å². The van der Waals surface area contributed by atoms with E-state index in [1.807, 2.05) is 35.6 Å². The molecule has 1 aliphatic carbocycles. The van der Waals surface area contributed by atoms with Crippen molar-refractivity contribution in [3.8, 4) is 0 Å². The van der Waals surface area contributed by atoms with Crippen molar-refractivity contribution < 1.29 is 8.42 Å². The lowest BCUT2D eigenvalue weighted by molar-refractivity contribution is 0.591. The molecule has 0 spiro atoms. The fraction of sp³-hybridized carbons (Fsp3) is 0.286. The van der Waals surface area contributed by atoms with E-state index in [1.54, 1.807) is 31.2 Å². The van der Waals surface area contributed by atoms with Gasteiger partial charge in [0.05, 0.1) is 15.9 Å². The molecular formula is C21H21N5O2S. The average molecular weight is 407 g/mol. The lowest BCUT2D eigenvalue weighted by Crippen LogP contribution is -2.32. The van der Waals surface area contributed by atoms with E-state index >= 15 is 0 Å². The van der Waals surface area contributed by atoms with E-state index < -0.39 is 10.0 Å². The molecule has 7 nitrogen and oxygen atoms in total. The Kier molecular flexibility index (Phi) is 4.06. The molecule has 2 aromatic carbocycles. The second-order valence-electron chi connectivity index (χ2n) is 7.40. The molecule has 148 valence electrons. The lowest BCUT2D eigenvalue weighted by atomic mass is 10.2. The van der Waals surface area contributed by atoms with Gasteiger partial charge in [0.1, 0.15) is 5.82 Å². The molecule has 0 aliphatic heterocycles. The smallest absolute Gasteiger partial charge is 0.265 e. The zero-order valence-electron chi connectivity index (χ0n) is 16.3. The van der Waals surface area contributed by atoms with Crippen molar-refractivity contribution in [1.29, 1.82) is 0 Å². The molecular weight excluding hydrogens is 386 g/mol. The zero-order valence-corrected chi connectivity index (χ0v) is 17.1. The normalized spacial score (nSPS) is 14.6. The third-order valence-electron chi connectivity index (χ3n) is 5.31.